The molecular formula is C54H54N4. The van der Waals surface area contributed by atoms with Crippen LogP contribution < -0.4 is 16.4 Å². The van der Waals surface area contributed by atoms with Crippen molar-refractivity contribution in [1.29, 1.82) is 5.41 Å². The summed E-state index contributed by atoms with van der Waals surface area (Å²) in [6.45, 7) is 10.6. The molecule has 0 fully saturated rings. The molecule has 0 amide bonds. The number of benzene rings is 7. The number of hydrogen-bond acceptors (Lipinski definition) is 3. The molecule has 0 unspecified atom stereocenters. The Balaban J connectivity index is 0.000000335. The quantitative estimate of drug-likeness (QED) is 0.0738. The molecule has 4 heteroatoms. The number of nitrogens with two attached hydrogens (primary N) is 2. The van der Waals surface area contributed by atoms with E-state index in [9.17, 15) is 0 Å². The van der Waals surface area contributed by atoms with Crippen LogP contribution >= 0.6 is 0 Å². The van der Waals surface area contributed by atoms with Crippen LogP contribution in [0.5, 0.6) is 0 Å². The van der Waals surface area contributed by atoms with E-state index in [1.165, 1.54) is 61.8 Å². The van der Waals surface area contributed by atoms with E-state index in [2.05, 4.69) is 196 Å². The average molecular weight is 759 g/mol. The molecule has 0 aliphatic heterocycles. The van der Waals surface area contributed by atoms with Gasteiger partial charge in [0, 0.05) is 29.6 Å². The molecule has 0 saturated carbocycles. The van der Waals surface area contributed by atoms with Crippen LogP contribution in [0.25, 0.3) is 39.1 Å². The van der Waals surface area contributed by atoms with Gasteiger partial charge in [0.05, 0.1) is 0 Å². The van der Waals surface area contributed by atoms with Gasteiger partial charge in [-0.05, 0) is 102 Å². The maximum Gasteiger partial charge on any atom is 0.122 e. The lowest BCUT2D eigenvalue weighted by Crippen LogP contribution is -2.15. The summed E-state index contributed by atoms with van der Waals surface area (Å²) in [6.07, 6.45) is 5.59. The summed E-state index contributed by atoms with van der Waals surface area (Å²) in [5.74, 6) is 0.0409. The molecule has 0 saturated heterocycles. The Kier molecular flexibility index (Phi) is 15.4. The predicted octanol–water partition coefficient (Wildman–Crippen LogP) is 13.0. The van der Waals surface area contributed by atoms with Crippen molar-refractivity contribution in [3.8, 4) is 33.4 Å². The van der Waals surface area contributed by atoms with Gasteiger partial charge >= 0.3 is 0 Å². The van der Waals surface area contributed by atoms with Crippen LogP contribution in [0.2, 0.25) is 0 Å². The number of nitrogens with zero attached hydrogens (tertiary/aromatic N) is 1. The molecular weight excluding hydrogens is 705 g/mol. The van der Waals surface area contributed by atoms with Crippen molar-refractivity contribution in [1.82, 2.24) is 0 Å². The van der Waals surface area contributed by atoms with Crippen LogP contribution in [0.1, 0.15) is 34.7 Å². The summed E-state index contributed by atoms with van der Waals surface area (Å²) in [5, 5.41) is 6.96. The lowest BCUT2D eigenvalue weighted by atomic mass is 9.94. The summed E-state index contributed by atoms with van der Waals surface area (Å²) in [7, 11) is 2.10. The topological polar surface area (TPSA) is 79.1 Å². The minimum Gasteiger partial charge on any atom is -0.405 e. The van der Waals surface area contributed by atoms with Crippen LogP contribution in [0.15, 0.2) is 212 Å². The number of rotatable bonds is 10. The SMILES string of the molecule is C/C=C(\C=C/N)C(=N)N.C=C(c1ccccc1-c1ccccc1C)N(C)c1cccc(-c2ccc(Cc3ccc(-c4ccccc4)cc3)cc2)c1.Cc1ccccc1. The number of amidine groups is 1. The van der Waals surface area contributed by atoms with Crippen molar-refractivity contribution in [2.45, 2.75) is 27.2 Å². The Morgan fingerprint density at radius 3 is 1.62 bits per heavy atom. The maximum atomic E-state index is 6.96. The van der Waals surface area contributed by atoms with Gasteiger partial charge in [0.2, 0.25) is 0 Å². The van der Waals surface area contributed by atoms with Gasteiger partial charge in [-0.25, -0.2) is 0 Å². The van der Waals surface area contributed by atoms with Gasteiger partial charge in [0.25, 0.3) is 0 Å². The van der Waals surface area contributed by atoms with E-state index in [1.54, 1.807) is 19.1 Å². The predicted molar refractivity (Wildman–Crippen MR) is 251 cm³/mol. The third-order valence-corrected chi connectivity index (χ3v) is 9.91. The lowest BCUT2D eigenvalue weighted by molar-refractivity contribution is 1.19. The van der Waals surface area contributed by atoms with E-state index in [1.807, 2.05) is 18.2 Å². The zero-order valence-corrected chi connectivity index (χ0v) is 34.1. The van der Waals surface area contributed by atoms with Gasteiger partial charge in [-0.2, -0.15) is 0 Å². The summed E-state index contributed by atoms with van der Waals surface area (Å²) >= 11 is 0. The number of allylic oxidation sites excluding steroid dienone is 1. The van der Waals surface area contributed by atoms with Gasteiger partial charge in [0.15, 0.2) is 0 Å². The number of anilines is 1. The molecule has 7 aromatic carbocycles. The highest BCUT2D eigenvalue weighted by Crippen LogP contribution is 2.34. The molecule has 7 aromatic rings. The molecule has 0 aromatic heterocycles. The normalized spacial score (nSPS) is 10.8. The van der Waals surface area contributed by atoms with Crippen LogP contribution in [0, 0.1) is 19.3 Å². The van der Waals surface area contributed by atoms with Crippen molar-refractivity contribution in [3.63, 3.8) is 0 Å². The number of aryl methyl sites for hydroxylation is 2. The van der Waals surface area contributed by atoms with Crippen molar-refractivity contribution < 1.29 is 0 Å². The van der Waals surface area contributed by atoms with Gasteiger partial charge in [0.1, 0.15) is 5.84 Å². The molecule has 0 aliphatic rings. The molecule has 0 aliphatic carbocycles. The third-order valence-electron chi connectivity index (χ3n) is 9.91. The molecule has 4 nitrogen and oxygen atoms in total. The fourth-order valence-electron chi connectivity index (χ4n) is 6.55. The van der Waals surface area contributed by atoms with Gasteiger partial charge in [-0.3, -0.25) is 5.41 Å². The molecule has 0 atom stereocenters. The smallest absolute Gasteiger partial charge is 0.122 e. The molecule has 7 rings (SSSR count). The van der Waals surface area contributed by atoms with E-state index in [-0.39, 0.29) is 5.84 Å². The Hall–Kier alpha value is -7.17. The van der Waals surface area contributed by atoms with E-state index >= 15 is 0 Å². The summed E-state index contributed by atoms with van der Waals surface area (Å²) in [5.41, 5.74) is 26.6. The van der Waals surface area contributed by atoms with Crippen LogP contribution in [-0.4, -0.2) is 12.9 Å². The standard InChI is InChI=1S/C41H35N.C7H8.C6H11N3/c1-30-12-7-8-17-39(30)41-19-10-9-18-40(41)31(2)42(3)38-16-11-15-37(29-38)36-26-22-33(23-27-36)28-32-20-24-35(25-21-32)34-13-5-4-6-14-34;1-7-5-3-2-4-6-7;1-2-5(3-4-7)6(8)9/h4-27,29H,2,28H2,1,3H3;2-6H,1H3;2-4H,7H2,1H3,(H3,8,9)/b;;4-3-,5-2+. The summed E-state index contributed by atoms with van der Waals surface area (Å²) in [4.78, 5) is 2.19. The first-order valence-electron chi connectivity index (χ1n) is 19.5. The Morgan fingerprint density at radius 2 is 1.10 bits per heavy atom. The zero-order valence-electron chi connectivity index (χ0n) is 34.1. The summed E-state index contributed by atoms with van der Waals surface area (Å²) < 4.78 is 0. The first kappa shape index (κ1) is 42.0. The van der Waals surface area contributed by atoms with E-state index in [0.29, 0.717) is 5.57 Å². The lowest BCUT2D eigenvalue weighted by Gasteiger charge is -2.25. The molecule has 0 radical (unpaired) electrons. The largest absolute Gasteiger partial charge is 0.405 e. The highest BCUT2D eigenvalue weighted by molar-refractivity contribution is 5.96. The first-order chi connectivity index (χ1) is 28.2. The molecule has 290 valence electrons. The average Bonchev–Trinajstić information content (AvgIpc) is 3.27. The Bertz CT molecular complexity index is 2440. The van der Waals surface area contributed by atoms with E-state index < -0.39 is 0 Å². The molecule has 58 heavy (non-hydrogen) atoms. The Morgan fingerprint density at radius 1 is 0.603 bits per heavy atom. The highest BCUT2D eigenvalue weighted by Gasteiger charge is 2.14. The molecule has 0 heterocycles. The van der Waals surface area contributed by atoms with E-state index in [4.69, 9.17) is 16.9 Å². The second kappa shape index (κ2) is 21.2. The zero-order chi connectivity index (χ0) is 41.3. The minimum absolute atomic E-state index is 0.0409. The number of hydrogen-bond donors (Lipinski definition) is 3. The molecule has 5 N–H and O–H groups in total. The first-order valence-corrected chi connectivity index (χ1v) is 19.5. The fraction of sp³-hybridized carbons (Fsp3) is 0.0926. The van der Waals surface area contributed by atoms with Crippen molar-refractivity contribution >= 4 is 17.2 Å². The van der Waals surface area contributed by atoms with Gasteiger partial charge in [-0.15, -0.1) is 0 Å². The third kappa shape index (κ3) is 11.7. The monoisotopic (exact) mass is 758 g/mol. The van der Waals surface area contributed by atoms with Crippen LogP contribution in [0.4, 0.5) is 5.69 Å². The number of nitrogens with one attached hydrogen (secondary N) is 1. The summed E-state index contributed by atoms with van der Waals surface area (Å²) in [6, 6.07) is 64.4. The van der Waals surface area contributed by atoms with Crippen LogP contribution in [0.3, 0.4) is 0 Å². The van der Waals surface area contributed by atoms with Crippen molar-refractivity contribution in [2.24, 2.45) is 11.5 Å². The van der Waals surface area contributed by atoms with Gasteiger partial charge < -0.3 is 16.4 Å². The maximum absolute atomic E-state index is 6.96. The van der Waals surface area contributed by atoms with Crippen molar-refractivity contribution in [3.05, 3.63) is 240 Å². The highest BCUT2D eigenvalue weighted by atomic mass is 15.1. The molecule has 0 bridgehead atoms. The Labute approximate surface area is 345 Å². The van der Waals surface area contributed by atoms with E-state index in [0.717, 1.165) is 23.4 Å². The van der Waals surface area contributed by atoms with Crippen LogP contribution in [-0.2, 0) is 6.42 Å². The van der Waals surface area contributed by atoms with Gasteiger partial charge in [-0.1, -0.05) is 188 Å². The minimum atomic E-state index is 0.0409. The van der Waals surface area contributed by atoms with Crippen molar-refractivity contribution in [2.75, 3.05) is 11.9 Å². The second-order valence-corrected chi connectivity index (χ2v) is 14.0. The second-order valence-electron chi connectivity index (χ2n) is 14.0. The fourth-order valence-corrected chi connectivity index (χ4v) is 6.55. The molecule has 0 spiro atoms.